The summed E-state index contributed by atoms with van der Waals surface area (Å²) in [5, 5.41) is 27.0. The van der Waals surface area contributed by atoms with Crippen LogP contribution >= 0.6 is 23.2 Å². The Morgan fingerprint density at radius 2 is 1.66 bits per heavy atom. The molecule has 2 unspecified atom stereocenters. The molecular weight excluding hydrogens is 699 g/mol. The summed E-state index contributed by atoms with van der Waals surface area (Å²) in [6.07, 6.45) is 2.78. The average Bonchev–Trinajstić information content (AvgIpc) is 3.91. The number of carbonyl (C=O) groups excluding carboxylic acids is 2. The molecule has 0 radical (unpaired) electrons. The molecule has 1 aromatic heterocycles. The van der Waals surface area contributed by atoms with Gasteiger partial charge < -0.3 is 35.2 Å². The van der Waals surface area contributed by atoms with Gasteiger partial charge in [-0.05, 0) is 60.2 Å². The third-order valence-corrected chi connectivity index (χ3v) is 8.31. The number of pyridine rings is 1. The van der Waals surface area contributed by atoms with Gasteiger partial charge in [0.15, 0.2) is 29.9 Å². The third kappa shape index (κ3) is 9.95. The molecule has 1 saturated carbocycles. The summed E-state index contributed by atoms with van der Waals surface area (Å²) in [6.45, 7) is -3.41. The van der Waals surface area contributed by atoms with Crippen LogP contribution in [-0.2, 0) is 20.7 Å². The first-order valence-electron chi connectivity index (χ1n) is 15.4. The summed E-state index contributed by atoms with van der Waals surface area (Å²) < 4.78 is 42.9. The van der Waals surface area contributed by atoms with Gasteiger partial charge in [-0.1, -0.05) is 65.7 Å². The number of nitrogens with one attached hydrogen (secondary N) is 2. The van der Waals surface area contributed by atoms with Crippen LogP contribution in [0.3, 0.4) is 0 Å². The molecule has 0 spiro atoms. The fourth-order valence-corrected chi connectivity index (χ4v) is 5.57. The van der Waals surface area contributed by atoms with Gasteiger partial charge in [0.2, 0.25) is 0 Å². The lowest BCUT2D eigenvalue weighted by Crippen LogP contribution is -2.32. The van der Waals surface area contributed by atoms with Crippen LogP contribution in [0.15, 0.2) is 85.2 Å². The summed E-state index contributed by atoms with van der Waals surface area (Å²) in [6, 6.07) is 17.6. The lowest BCUT2D eigenvalue weighted by molar-refractivity contribution is -0.605. The number of rotatable bonds is 16. The molecule has 1 aliphatic carbocycles. The van der Waals surface area contributed by atoms with Crippen molar-refractivity contribution in [1.29, 1.82) is 0 Å². The van der Waals surface area contributed by atoms with Gasteiger partial charge in [-0.15, -0.1) is 0 Å². The highest BCUT2D eigenvalue weighted by molar-refractivity contribution is 6.35. The van der Waals surface area contributed by atoms with E-state index in [1.807, 2.05) is 0 Å². The number of aliphatic carboxylic acids is 1. The number of carbonyl (C=O) groups is 3. The normalized spacial score (nSPS) is 13.6. The number of ether oxygens (including phenoxy) is 3. The molecule has 50 heavy (non-hydrogen) atoms. The Morgan fingerprint density at radius 3 is 2.32 bits per heavy atom. The largest absolute Gasteiger partial charge is 0.619 e. The first kappa shape index (κ1) is 36.1. The van der Waals surface area contributed by atoms with E-state index in [-0.39, 0.29) is 51.6 Å². The number of nitrogens with zero attached hydrogens (tertiary/aromatic N) is 1. The zero-order valence-corrected chi connectivity index (χ0v) is 27.7. The van der Waals surface area contributed by atoms with Crippen LogP contribution in [0, 0.1) is 11.1 Å². The molecule has 11 nitrogen and oxygen atoms in total. The third-order valence-electron chi connectivity index (χ3n) is 7.66. The van der Waals surface area contributed by atoms with Gasteiger partial charge >= 0.3 is 18.6 Å². The first-order chi connectivity index (χ1) is 24.0. The van der Waals surface area contributed by atoms with Crippen molar-refractivity contribution in [3.05, 3.63) is 123 Å². The van der Waals surface area contributed by atoms with Crippen molar-refractivity contribution in [2.75, 3.05) is 18.5 Å². The number of alkyl halides is 2. The molecule has 0 saturated heterocycles. The Morgan fingerprint density at radius 1 is 0.940 bits per heavy atom. The molecule has 1 amide bonds. The predicted octanol–water partition coefficient (Wildman–Crippen LogP) is 6.51. The van der Waals surface area contributed by atoms with Gasteiger partial charge in [0.25, 0.3) is 5.91 Å². The second-order valence-corrected chi connectivity index (χ2v) is 12.2. The highest BCUT2D eigenvalue weighted by atomic mass is 35.5. The zero-order valence-electron chi connectivity index (χ0n) is 26.2. The van der Waals surface area contributed by atoms with Crippen LogP contribution in [0.1, 0.15) is 52.0 Å². The quantitative estimate of drug-likeness (QED) is 0.0666. The fourth-order valence-electron chi connectivity index (χ4n) is 4.97. The number of hydrogen-bond acceptors (Lipinski definition) is 8. The minimum Gasteiger partial charge on any atom is -0.619 e. The minimum atomic E-state index is -3.11. The van der Waals surface area contributed by atoms with Crippen LogP contribution in [0.2, 0.25) is 10.0 Å². The molecule has 262 valence electrons. The van der Waals surface area contributed by atoms with E-state index < -0.39 is 43.1 Å². The monoisotopic (exact) mass is 729 g/mol. The molecule has 0 aliphatic heterocycles. The molecule has 1 heterocycles. The van der Waals surface area contributed by atoms with Crippen LogP contribution in [0.5, 0.6) is 11.5 Å². The standard InChI is InChI=1S/C35H31Cl2F2N3O8/c36-26-17-42(47)18-27(37)25(26)15-29(22-11-12-28(50-35(38)39)30(14-22)48-19-20-9-10-20)49-31(43)16-40-33(44)23-7-4-8-24(13-23)41-32(34(45)46)21-5-2-1-3-6-21/h1-8,11-14,17-18,20,29,32,35,41H,9-10,15-16,19H2,(H,40,44)(H,45,46). The molecule has 4 aromatic rings. The number of carboxylic acids is 1. The van der Waals surface area contributed by atoms with E-state index in [2.05, 4.69) is 15.4 Å². The van der Waals surface area contributed by atoms with Crippen LogP contribution in [0.25, 0.3) is 0 Å². The van der Waals surface area contributed by atoms with Gasteiger partial charge in [-0.25, -0.2) is 4.79 Å². The van der Waals surface area contributed by atoms with E-state index in [1.165, 1.54) is 30.3 Å². The lowest BCUT2D eigenvalue weighted by Gasteiger charge is -2.21. The summed E-state index contributed by atoms with van der Waals surface area (Å²) >= 11 is 12.6. The van der Waals surface area contributed by atoms with E-state index in [0.29, 0.717) is 21.5 Å². The lowest BCUT2D eigenvalue weighted by atomic mass is 10.0. The van der Waals surface area contributed by atoms with Gasteiger partial charge in [-0.3, -0.25) is 9.59 Å². The van der Waals surface area contributed by atoms with Crippen molar-refractivity contribution >= 4 is 46.7 Å². The number of carboxylic acid groups (broad SMARTS) is 1. The van der Waals surface area contributed by atoms with Crippen LogP contribution in [-0.4, -0.2) is 42.7 Å². The van der Waals surface area contributed by atoms with Crippen LogP contribution < -0.4 is 24.8 Å². The number of benzene rings is 3. The first-order valence-corrected chi connectivity index (χ1v) is 16.1. The molecule has 3 aromatic carbocycles. The second-order valence-electron chi connectivity index (χ2n) is 11.4. The second kappa shape index (κ2) is 16.5. The molecule has 0 bridgehead atoms. The molecule has 2 atom stereocenters. The van der Waals surface area contributed by atoms with Crippen molar-refractivity contribution in [1.82, 2.24) is 5.32 Å². The summed E-state index contributed by atoms with van der Waals surface area (Å²) in [5.74, 6) is -2.55. The van der Waals surface area contributed by atoms with E-state index in [9.17, 15) is 33.5 Å². The van der Waals surface area contributed by atoms with Crippen LogP contribution in [0.4, 0.5) is 14.5 Å². The number of hydrogen-bond donors (Lipinski definition) is 3. The van der Waals surface area contributed by atoms with Crippen molar-refractivity contribution in [3.8, 4) is 11.5 Å². The van der Waals surface area contributed by atoms with Crippen molar-refractivity contribution < 1.29 is 47.2 Å². The Kier molecular flexibility index (Phi) is 11.9. The topological polar surface area (TPSA) is 150 Å². The van der Waals surface area contributed by atoms with Gasteiger partial charge in [0.05, 0.1) is 6.61 Å². The number of esters is 1. The SMILES string of the molecule is O=C(CNC(=O)c1cccc(NC(C(=O)O)c2ccccc2)c1)OC(Cc1c(Cl)c[n+]([O-])cc1Cl)c1ccc(OC(F)F)c(OCC2CC2)c1. The predicted molar refractivity (Wildman–Crippen MR) is 178 cm³/mol. The highest BCUT2D eigenvalue weighted by Crippen LogP contribution is 2.38. The minimum absolute atomic E-state index is 0.00407. The molecule has 1 aliphatic rings. The Hall–Kier alpha value is -5.14. The van der Waals surface area contributed by atoms with E-state index >= 15 is 0 Å². The smallest absolute Gasteiger partial charge is 0.387 e. The number of anilines is 1. The molecular formula is C35H31Cl2F2N3O8. The average molecular weight is 731 g/mol. The number of amides is 1. The fraction of sp³-hybridized carbons (Fsp3) is 0.257. The molecule has 5 rings (SSSR count). The summed E-state index contributed by atoms with van der Waals surface area (Å²) in [4.78, 5) is 38.1. The highest BCUT2D eigenvalue weighted by Gasteiger charge is 2.27. The Balaban J connectivity index is 1.32. The number of aromatic nitrogens is 1. The van der Waals surface area contributed by atoms with E-state index in [4.69, 9.17) is 32.7 Å². The number of halogens is 4. The molecule has 1 fully saturated rings. The Labute approximate surface area is 295 Å². The van der Waals surface area contributed by atoms with Gasteiger partial charge in [0.1, 0.15) is 22.7 Å². The summed E-state index contributed by atoms with van der Waals surface area (Å²) in [7, 11) is 0. The molecule has 3 N–H and O–H groups in total. The van der Waals surface area contributed by atoms with Crippen molar-refractivity contribution in [2.45, 2.75) is 38.0 Å². The zero-order chi connectivity index (χ0) is 35.8. The molecule has 15 heteroatoms. The summed E-state index contributed by atoms with van der Waals surface area (Å²) in [5.41, 5.74) is 1.59. The van der Waals surface area contributed by atoms with E-state index in [0.717, 1.165) is 25.2 Å². The van der Waals surface area contributed by atoms with Crippen molar-refractivity contribution in [3.63, 3.8) is 0 Å². The van der Waals surface area contributed by atoms with E-state index in [1.54, 1.807) is 42.5 Å². The van der Waals surface area contributed by atoms with Gasteiger partial charge in [-0.2, -0.15) is 13.5 Å². The maximum atomic E-state index is 13.2. The van der Waals surface area contributed by atoms with Crippen molar-refractivity contribution in [2.24, 2.45) is 5.92 Å². The maximum Gasteiger partial charge on any atom is 0.387 e. The maximum absolute atomic E-state index is 13.2. The van der Waals surface area contributed by atoms with Gasteiger partial charge in [0, 0.05) is 23.2 Å². The Bertz CT molecular complexity index is 1820.